The van der Waals surface area contributed by atoms with Crippen LogP contribution in [0.1, 0.15) is 36.1 Å². The van der Waals surface area contributed by atoms with Crippen molar-refractivity contribution in [3.05, 3.63) is 76.7 Å². The number of fused-ring (bicyclic) bond motifs is 1. The molecule has 198 valence electrons. The number of hydrogen-bond acceptors (Lipinski definition) is 8. The molecule has 4 aromatic rings. The molecule has 3 saturated carbocycles. The summed E-state index contributed by atoms with van der Waals surface area (Å²) in [5.41, 5.74) is 10.6. The minimum atomic E-state index is 0.0242. The molecule has 2 aromatic heterocycles. The highest BCUT2D eigenvalue weighted by Gasteiger charge is 2.66. The number of methoxy groups -OCH3 is 1. The van der Waals surface area contributed by atoms with Crippen LogP contribution in [0.3, 0.4) is 0 Å². The maximum absolute atomic E-state index is 9.83. The summed E-state index contributed by atoms with van der Waals surface area (Å²) in [6.07, 6.45) is 6.29. The van der Waals surface area contributed by atoms with Gasteiger partial charge in [-0.15, -0.1) is 0 Å². The smallest absolute Gasteiger partial charge is 0.163 e. The fraction of sp³-hybridized carbons (Fsp3) is 0.300. The zero-order valence-corrected chi connectivity index (χ0v) is 22.5. The van der Waals surface area contributed by atoms with Crippen LogP contribution in [0.25, 0.3) is 10.9 Å². The summed E-state index contributed by atoms with van der Waals surface area (Å²) in [6, 6.07) is 15.2. The van der Waals surface area contributed by atoms with Gasteiger partial charge in [-0.05, 0) is 56.0 Å². The molecule has 0 radical (unpaired) electrons. The standard InChI is InChI=1S/C30H28ClN5O3/c1-18-4-3-7-34-25(18)13-38-20-5-6-23(22(31)8-20)36-28-19(11-32)12-35-24-10-27(26(37-2)9-21(24)28)39-17-29-14-30(33,15-29)16-29/h3-10,12H,13-17,33H2,1-2H3,(H,35,36). The summed E-state index contributed by atoms with van der Waals surface area (Å²) in [5.74, 6) is 1.80. The molecule has 2 aromatic carbocycles. The number of rotatable bonds is 9. The van der Waals surface area contributed by atoms with E-state index in [2.05, 4.69) is 21.4 Å². The van der Waals surface area contributed by atoms with Crippen LogP contribution in [0, 0.1) is 23.7 Å². The van der Waals surface area contributed by atoms with Crippen molar-refractivity contribution in [2.75, 3.05) is 19.0 Å². The zero-order chi connectivity index (χ0) is 27.2. The molecule has 3 fully saturated rings. The number of ether oxygens (including phenoxy) is 3. The van der Waals surface area contributed by atoms with Gasteiger partial charge in [0.15, 0.2) is 11.5 Å². The second kappa shape index (κ2) is 9.60. The van der Waals surface area contributed by atoms with E-state index in [1.165, 1.54) is 0 Å². The second-order valence-electron chi connectivity index (χ2n) is 10.7. The Morgan fingerprint density at radius 1 is 1.10 bits per heavy atom. The average molecular weight is 542 g/mol. The zero-order valence-electron chi connectivity index (χ0n) is 21.8. The van der Waals surface area contributed by atoms with E-state index in [4.69, 9.17) is 31.5 Å². The highest BCUT2D eigenvalue weighted by molar-refractivity contribution is 6.33. The van der Waals surface area contributed by atoms with E-state index < -0.39 is 0 Å². The van der Waals surface area contributed by atoms with Crippen LogP contribution in [0.15, 0.2) is 54.9 Å². The summed E-state index contributed by atoms with van der Waals surface area (Å²) < 4.78 is 17.8. The minimum absolute atomic E-state index is 0.0242. The SMILES string of the molecule is COc1cc2c(Nc3ccc(OCc4ncccc4C)cc3Cl)c(C#N)cnc2cc1OCC12CC(N)(C1)C2. The summed E-state index contributed by atoms with van der Waals surface area (Å²) in [6.45, 7) is 2.93. The topological polar surface area (TPSA) is 115 Å². The molecule has 0 saturated heterocycles. The molecule has 39 heavy (non-hydrogen) atoms. The molecule has 8 nitrogen and oxygen atoms in total. The number of benzene rings is 2. The van der Waals surface area contributed by atoms with E-state index >= 15 is 0 Å². The predicted molar refractivity (Wildman–Crippen MR) is 150 cm³/mol. The maximum Gasteiger partial charge on any atom is 0.163 e. The van der Waals surface area contributed by atoms with Gasteiger partial charge in [0.25, 0.3) is 0 Å². The number of anilines is 2. The average Bonchev–Trinajstić information content (AvgIpc) is 2.90. The van der Waals surface area contributed by atoms with Gasteiger partial charge in [0, 0.05) is 40.9 Å². The van der Waals surface area contributed by atoms with Crippen molar-refractivity contribution in [2.24, 2.45) is 11.1 Å². The molecular weight excluding hydrogens is 514 g/mol. The van der Waals surface area contributed by atoms with Gasteiger partial charge in [-0.3, -0.25) is 9.97 Å². The third-order valence-electron chi connectivity index (χ3n) is 7.68. The van der Waals surface area contributed by atoms with Gasteiger partial charge in [0.05, 0.1) is 46.9 Å². The lowest BCUT2D eigenvalue weighted by atomic mass is 9.40. The van der Waals surface area contributed by atoms with Crippen molar-refractivity contribution in [1.29, 1.82) is 5.26 Å². The first-order valence-electron chi connectivity index (χ1n) is 12.7. The van der Waals surface area contributed by atoms with Crippen molar-refractivity contribution >= 4 is 33.9 Å². The van der Waals surface area contributed by atoms with Gasteiger partial charge in [-0.1, -0.05) is 17.7 Å². The van der Waals surface area contributed by atoms with Crippen molar-refractivity contribution < 1.29 is 14.2 Å². The highest BCUT2D eigenvalue weighted by Crippen LogP contribution is 2.65. The quantitative estimate of drug-likeness (QED) is 0.263. The van der Waals surface area contributed by atoms with Crippen molar-refractivity contribution in [1.82, 2.24) is 9.97 Å². The molecule has 3 N–H and O–H groups in total. The lowest BCUT2D eigenvalue weighted by Gasteiger charge is -2.68. The highest BCUT2D eigenvalue weighted by atomic mass is 35.5. The summed E-state index contributed by atoms with van der Waals surface area (Å²) in [7, 11) is 1.60. The van der Waals surface area contributed by atoms with E-state index in [9.17, 15) is 5.26 Å². The number of hydrogen-bond donors (Lipinski definition) is 2. The van der Waals surface area contributed by atoms with Crippen molar-refractivity contribution in [3.8, 4) is 23.3 Å². The molecule has 3 aliphatic carbocycles. The van der Waals surface area contributed by atoms with E-state index in [-0.39, 0.29) is 11.0 Å². The number of aromatic nitrogens is 2. The van der Waals surface area contributed by atoms with Crippen molar-refractivity contribution in [2.45, 2.75) is 38.3 Å². The number of pyridine rings is 2. The molecule has 9 heteroatoms. The van der Waals surface area contributed by atoms with Gasteiger partial charge >= 0.3 is 0 Å². The number of nitriles is 1. The Morgan fingerprint density at radius 3 is 2.62 bits per heavy atom. The number of nitrogens with zero attached hydrogens (tertiary/aromatic N) is 3. The minimum Gasteiger partial charge on any atom is -0.493 e. The van der Waals surface area contributed by atoms with E-state index in [0.29, 0.717) is 63.3 Å². The number of aryl methyl sites for hydroxylation is 1. The van der Waals surface area contributed by atoms with Crippen LogP contribution < -0.4 is 25.3 Å². The Labute approximate surface area is 231 Å². The fourth-order valence-corrected chi connectivity index (χ4v) is 6.02. The van der Waals surface area contributed by atoms with Crippen LogP contribution in [0.5, 0.6) is 17.2 Å². The third-order valence-corrected chi connectivity index (χ3v) is 8.00. The Morgan fingerprint density at radius 2 is 1.92 bits per heavy atom. The van der Waals surface area contributed by atoms with Crippen LogP contribution in [0.2, 0.25) is 5.02 Å². The first kappa shape index (κ1) is 25.2. The molecule has 2 heterocycles. The van der Waals surface area contributed by atoms with Crippen LogP contribution in [0.4, 0.5) is 11.4 Å². The third kappa shape index (κ3) is 4.69. The lowest BCUT2D eigenvalue weighted by molar-refractivity contribution is -0.153. The van der Waals surface area contributed by atoms with Crippen LogP contribution >= 0.6 is 11.6 Å². The number of halogens is 1. The van der Waals surface area contributed by atoms with Gasteiger partial charge in [0.1, 0.15) is 18.4 Å². The molecule has 0 spiro atoms. The van der Waals surface area contributed by atoms with E-state index in [1.54, 1.807) is 25.6 Å². The van der Waals surface area contributed by atoms with E-state index in [0.717, 1.165) is 30.5 Å². The Bertz CT molecular complexity index is 1610. The first-order chi connectivity index (χ1) is 18.8. The normalized spacial score (nSPS) is 20.9. The molecule has 0 aliphatic heterocycles. The van der Waals surface area contributed by atoms with E-state index in [1.807, 2.05) is 43.3 Å². The first-order valence-corrected chi connectivity index (χ1v) is 13.1. The molecule has 0 atom stereocenters. The van der Waals surface area contributed by atoms with Crippen molar-refractivity contribution in [3.63, 3.8) is 0 Å². The molecule has 3 aliphatic rings. The van der Waals surface area contributed by atoms with Crippen LogP contribution in [-0.2, 0) is 6.61 Å². The van der Waals surface area contributed by atoms with Gasteiger partial charge in [0.2, 0.25) is 0 Å². The lowest BCUT2D eigenvalue weighted by Crippen LogP contribution is -2.73. The number of nitrogens with one attached hydrogen (secondary N) is 1. The molecule has 2 bridgehead atoms. The summed E-state index contributed by atoms with van der Waals surface area (Å²) in [4.78, 5) is 8.87. The predicted octanol–water partition coefficient (Wildman–Crippen LogP) is 6.05. The Kier molecular flexibility index (Phi) is 6.21. The Hall–Kier alpha value is -4.06. The van der Waals surface area contributed by atoms with Crippen LogP contribution in [-0.4, -0.2) is 29.2 Å². The van der Waals surface area contributed by atoms with Gasteiger partial charge in [-0.2, -0.15) is 5.26 Å². The maximum atomic E-state index is 9.83. The number of nitrogens with two attached hydrogens (primary N) is 1. The van der Waals surface area contributed by atoms with Gasteiger partial charge in [-0.25, -0.2) is 0 Å². The second-order valence-corrected chi connectivity index (χ2v) is 11.1. The largest absolute Gasteiger partial charge is 0.493 e. The van der Waals surface area contributed by atoms with Gasteiger partial charge < -0.3 is 25.3 Å². The monoisotopic (exact) mass is 541 g/mol. The summed E-state index contributed by atoms with van der Waals surface area (Å²) in [5, 5.41) is 14.3. The molecule has 0 amide bonds. The molecule has 0 unspecified atom stereocenters. The molecular formula is C30H28ClN5O3. The molecule has 7 rings (SSSR count). The fourth-order valence-electron chi connectivity index (χ4n) is 5.80. The Balaban J connectivity index is 1.25. The summed E-state index contributed by atoms with van der Waals surface area (Å²) >= 11 is 6.63.